The Morgan fingerprint density at radius 2 is 1.76 bits per heavy atom. The second-order valence-corrected chi connectivity index (χ2v) is 8.79. The van der Waals surface area contributed by atoms with E-state index in [0.717, 1.165) is 12.8 Å². The number of carbonyl (C=O) groups excluding carboxylic acids is 1. The number of amides is 1. The molecule has 1 aliphatic heterocycles. The molecule has 190 valence electrons. The highest BCUT2D eigenvalue weighted by Gasteiger charge is 2.44. The van der Waals surface area contributed by atoms with Crippen LogP contribution in [0.4, 0.5) is 5.69 Å². The lowest BCUT2D eigenvalue weighted by Gasteiger charge is -2.26. The summed E-state index contributed by atoms with van der Waals surface area (Å²) in [6.07, 6.45) is 1.94. The molecule has 2 heterocycles. The van der Waals surface area contributed by atoms with E-state index < -0.39 is 11.9 Å². The Hall–Kier alpha value is -4.26. The molecule has 4 aromatic rings. The predicted octanol–water partition coefficient (Wildman–Crippen LogP) is 6.13. The predicted molar refractivity (Wildman–Crippen MR) is 142 cm³/mol. The Labute approximate surface area is 215 Å². The molecule has 1 unspecified atom stereocenters. The molecule has 37 heavy (non-hydrogen) atoms. The minimum absolute atomic E-state index is 0.0396. The number of anilines is 1. The van der Waals surface area contributed by atoms with Gasteiger partial charge in [0.05, 0.1) is 37.3 Å². The highest BCUT2D eigenvalue weighted by Crippen LogP contribution is 2.44. The van der Waals surface area contributed by atoms with Gasteiger partial charge in [-0.05, 0) is 55.3 Å². The van der Waals surface area contributed by atoms with Crippen molar-refractivity contribution in [1.82, 2.24) is 0 Å². The Balaban J connectivity index is 1.71. The summed E-state index contributed by atoms with van der Waals surface area (Å²) in [5, 5.41) is 0.427. The highest BCUT2D eigenvalue weighted by molar-refractivity contribution is 6.10. The van der Waals surface area contributed by atoms with Crippen LogP contribution in [0.15, 0.2) is 75.9 Å². The number of benzene rings is 3. The number of carbonyl (C=O) groups is 1. The number of methoxy groups -OCH3 is 1. The van der Waals surface area contributed by atoms with Crippen molar-refractivity contribution < 1.29 is 23.4 Å². The van der Waals surface area contributed by atoms with E-state index >= 15 is 0 Å². The van der Waals surface area contributed by atoms with E-state index in [0.29, 0.717) is 58.2 Å². The zero-order chi connectivity index (χ0) is 25.9. The molecule has 0 saturated carbocycles. The number of hydrogen-bond acceptors (Lipinski definition) is 6. The van der Waals surface area contributed by atoms with E-state index in [1.807, 2.05) is 37.3 Å². The second kappa shape index (κ2) is 10.4. The molecule has 0 aliphatic carbocycles. The van der Waals surface area contributed by atoms with Gasteiger partial charge in [-0.2, -0.15) is 0 Å². The molecule has 1 aromatic heterocycles. The Morgan fingerprint density at radius 1 is 0.919 bits per heavy atom. The normalized spacial score (nSPS) is 14.6. The molecule has 1 atom stereocenters. The van der Waals surface area contributed by atoms with Crippen LogP contribution in [0.1, 0.15) is 54.4 Å². The molecule has 0 fully saturated rings. The van der Waals surface area contributed by atoms with Crippen LogP contribution in [0, 0.1) is 0 Å². The summed E-state index contributed by atoms with van der Waals surface area (Å²) in [6, 6.07) is 19.0. The molecule has 0 N–H and O–H groups in total. The number of unbranched alkanes of at least 4 members (excludes halogenated alkanes) is 1. The zero-order valence-corrected chi connectivity index (χ0v) is 21.2. The van der Waals surface area contributed by atoms with Gasteiger partial charge in [-0.3, -0.25) is 14.5 Å². The van der Waals surface area contributed by atoms with Crippen LogP contribution in [0.3, 0.4) is 0 Å². The number of nitrogens with zero attached hydrogens (tertiary/aromatic N) is 1. The third-order valence-electron chi connectivity index (χ3n) is 6.45. The summed E-state index contributed by atoms with van der Waals surface area (Å²) in [4.78, 5) is 29.2. The van der Waals surface area contributed by atoms with E-state index in [9.17, 15) is 9.59 Å². The van der Waals surface area contributed by atoms with Gasteiger partial charge < -0.3 is 18.6 Å². The van der Waals surface area contributed by atoms with Gasteiger partial charge in [-0.1, -0.05) is 37.6 Å². The summed E-state index contributed by atoms with van der Waals surface area (Å²) in [5.74, 6) is 1.43. The number of fused-ring (bicyclic) bond motifs is 2. The molecule has 5 rings (SSSR count). The molecule has 1 aliphatic rings. The third kappa shape index (κ3) is 4.42. The lowest BCUT2D eigenvalue weighted by molar-refractivity contribution is 0.0971. The van der Waals surface area contributed by atoms with Crippen molar-refractivity contribution in [1.29, 1.82) is 0 Å². The average Bonchev–Trinajstić information content (AvgIpc) is 3.22. The molecule has 0 radical (unpaired) electrons. The molecular formula is C30H29NO6. The largest absolute Gasteiger partial charge is 0.497 e. The van der Waals surface area contributed by atoms with Crippen LogP contribution in [-0.4, -0.2) is 26.2 Å². The molecule has 0 bridgehead atoms. The third-order valence-corrected chi connectivity index (χ3v) is 6.45. The van der Waals surface area contributed by atoms with Crippen LogP contribution in [0.5, 0.6) is 17.2 Å². The highest BCUT2D eigenvalue weighted by atomic mass is 16.5. The summed E-state index contributed by atoms with van der Waals surface area (Å²) < 4.78 is 23.3. The maximum atomic E-state index is 13.8. The number of rotatable bonds is 9. The average molecular weight is 500 g/mol. The van der Waals surface area contributed by atoms with Crippen molar-refractivity contribution in [3.05, 3.63) is 93.8 Å². The lowest BCUT2D eigenvalue weighted by atomic mass is 9.97. The maximum Gasteiger partial charge on any atom is 0.295 e. The van der Waals surface area contributed by atoms with Crippen LogP contribution in [0.25, 0.3) is 11.0 Å². The minimum Gasteiger partial charge on any atom is -0.497 e. The Kier molecular flexibility index (Phi) is 6.86. The van der Waals surface area contributed by atoms with E-state index in [1.54, 1.807) is 48.4 Å². The molecule has 0 spiro atoms. The SMILES string of the molecule is CCCCOc1ccc(C2c3c(oc4ccccc4c3=O)C(=O)N2c2cccc(OC)c2)cc1OCC. The van der Waals surface area contributed by atoms with Crippen LogP contribution in [-0.2, 0) is 0 Å². The maximum absolute atomic E-state index is 13.8. The standard InChI is InChI=1S/C30H29NO6/c1-4-6-16-36-24-15-14-19(17-25(24)35-5-2)27-26-28(32)22-12-7-8-13-23(22)37-29(26)30(33)31(27)20-10-9-11-21(18-20)34-3/h7-15,17-18,27H,4-6,16H2,1-3H3. The monoisotopic (exact) mass is 499 g/mol. The minimum atomic E-state index is -0.723. The van der Waals surface area contributed by atoms with Gasteiger partial charge in [0.1, 0.15) is 11.3 Å². The summed E-state index contributed by atoms with van der Waals surface area (Å²) in [6.45, 7) is 5.03. The molecule has 3 aromatic carbocycles. The van der Waals surface area contributed by atoms with Crippen LogP contribution >= 0.6 is 0 Å². The second-order valence-electron chi connectivity index (χ2n) is 8.79. The van der Waals surface area contributed by atoms with Gasteiger partial charge in [0, 0.05) is 11.8 Å². The Morgan fingerprint density at radius 3 is 2.54 bits per heavy atom. The van der Waals surface area contributed by atoms with Gasteiger partial charge in [0.2, 0.25) is 5.76 Å². The van der Waals surface area contributed by atoms with Crippen molar-refractivity contribution in [3.63, 3.8) is 0 Å². The fourth-order valence-corrected chi connectivity index (χ4v) is 4.67. The first-order valence-electron chi connectivity index (χ1n) is 12.5. The first kappa shape index (κ1) is 24.4. The first-order chi connectivity index (χ1) is 18.1. The number of ether oxygens (including phenoxy) is 3. The van der Waals surface area contributed by atoms with Gasteiger partial charge >= 0.3 is 0 Å². The number of para-hydroxylation sites is 1. The van der Waals surface area contributed by atoms with Gasteiger partial charge in [0.15, 0.2) is 16.9 Å². The topological polar surface area (TPSA) is 78.2 Å². The van der Waals surface area contributed by atoms with Crippen molar-refractivity contribution in [2.75, 3.05) is 25.2 Å². The fourth-order valence-electron chi connectivity index (χ4n) is 4.67. The Bertz CT molecular complexity index is 1510. The molecule has 7 heteroatoms. The van der Waals surface area contributed by atoms with E-state index in [2.05, 4.69) is 6.92 Å². The quantitative estimate of drug-likeness (QED) is 0.258. The molecule has 0 saturated heterocycles. The van der Waals surface area contributed by atoms with Crippen molar-refractivity contribution in [2.24, 2.45) is 0 Å². The van der Waals surface area contributed by atoms with Crippen LogP contribution < -0.4 is 24.5 Å². The zero-order valence-electron chi connectivity index (χ0n) is 21.2. The van der Waals surface area contributed by atoms with Crippen LogP contribution in [0.2, 0.25) is 0 Å². The van der Waals surface area contributed by atoms with Gasteiger partial charge in [0.25, 0.3) is 5.91 Å². The fraction of sp³-hybridized carbons (Fsp3) is 0.267. The lowest BCUT2D eigenvalue weighted by Crippen LogP contribution is -2.29. The van der Waals surface area contributed by atoms with Crippen molar-refractivity contribution >= 4 is 22.6 Å². The van der Waals surface area contributed by atoms with Crippen molar-refractivity contribution in [2.45, 2.75) is 32.7 Å². The van der Waals surface area contributed by atoms with Gasteiger partial charge in [-0.25, -0.2) is 0 Å². The molecule has 1 amide bonds. The van der Waals surface area contributed by atoms with Crippen molar-refractivity contribution in [3.8, 4) is 17.2 Å². The van der Waals surface area contributed by atoms with E-state index in [4.69, 9.17) is 18.6 Å². The molecular weight excluding hydrogens is 470 g/mol. The smallest absolute Gasteiger partial charge is 0.295 e. The molecule has 7 nitrogen and oxygen atoms in total. The van der Waals surface area contributed by atoms with E-state index in [1.165, 1.54) is 0 Å². The summed E-state index contributed by atoms with van der Waals surface area (Å²) in [5.41, 5.74) is 1.74. The van der Waals surface area contributed by atoms with E-state index in [-0.39, 0.29) is 11.2 Å². The number of hydrogen-bond donors (Lipinski definition) is 0. The summed E-state index contributed by atoms with van der Waals surface area (Å²) in [7, 11) is 1.57. The van der Waals surface area contributed by atoms with Gasteiger partial charge in [-0.15, -0.1) is 0 Å². The first-order valence-corrected chi connectivity index (χ1v) is 12.5. The summed E-state index contributed by atoms with van der Waals surface area (Å²) >= 11 is 0.